The third-order valence-electron chi connectivity index (χ3n) is 2.17. The Hall–Kier alpha value is -1.58. The number of pyridine rings is 1. The van der Waals surface area contributed by atoms with E-state index in [1.54, 1.807) is 16.3 Å². The predicted octanol–water partition coefficient (Wildman–Crippen LogP) is 0.580. The van der Waals surface area contributed by atoms with Crippen LogP contribution >= 0.6 is 0 Å². The van der Waals surface area contributed by atoms with Crippen molar-refractivity contribution in [1.29, 1.82) is 0 Å². The molecule has 0 amide bonds. The van der Waals surface area contributed by atoms with E-state index in [9.17, 15) is 4.79 Å². The first-order valence-corrected chi connectivity index (χ1v) is 4.09. The number of nitrogens with zero attached hydrogens (tertiary/aromatic N) is 3. The molecule has 4 heteroatoms. The molecule has 2 rings (SSSR count). The van der Waals surface area contributed by atoms with E-state index >= 15 is 0 Å². The summed E-state index contributed by atoms with van der Waals surface area (Å²) in [5.74, 6) is 0. The number of aromatic nitrogens is 3. The zero-order valence-electron chi connectivity index (χ0n) is 7.90. The quantitative estimate of drug-likeness (QED) is 0.590. The standard InChI is InChI=1S/C9H11N3O/c1-6-4-7-5-11(2)10-8(7)12(3)9(6)13/h4-5H,1-3H3. The molecule has 0 atom stereocenters. The lowest BCUT2D eigenvalue weighted by Crippen LogP contribution is -2.19. The number of aryl methyl sites for hydroxylation is 3. The SMILES string of the molecule is Cc1cc2cn(C)nc2n(C)c1=O. The van der Waals surface area contributed by atoms with Crippen LogP contribution in [0.4, 0.5) is 0 Å². The lowest BCUT2D eigenvalue weighted by atomic mass is 10.2. The molecule has 2 aromatic rings. The highest BCUT2D eigenvalue weighted by Gasteiger charge is 2.05. The van der Waals surface area contributed by atoms with E-state index in [1.165, 1.54) is 0 Å². The van der Waals surface area contributed by atoms with Crippen LogP contribution in [0.25, 0.3) is 11.0 Å². The Balaban J connectivity index is 3.01. The molecule has 2 aromatic heterocycles. The average molecular weight is 177 g/mol. The zero-order valence-corrected chi connectivity index (χ0v) is 7.90. The van der Waals surface area contributed by atoms with Crippen molar-refractivity contribution in [2.24, 2.45) is 14.1 Å². The van der Waals surface area contributed by atoms with Crippen molar-refractivity contribution in [3.8, 4) is 0 Å². The number of rotatable bonds is 0. The molecular weight excluding hydrogens is 166 g/mol. The monoisotopic (exact) mass is 177 g/mol. The Morgan fingerprint density at radius 1 is 1.38 bits per heavy atom. The summed E-state index contributed by atoms with van der Waals surface area (Å²) in [4.78, 5) is 11.5. The molecule has 0 saturated heterocycles. The van der Waals surface area contributed by atoms with Crippen molar-refractivity contribution < 1.29 is 0 Å². The predicted molar refractivity (Wildman–Crippen MR) is 50.7 cm³/mol. The second-order valence-electron chi connectivity index (χ2n) is 3.27. The molecule has 0 radical (unpaired) electrons. The Labute approximate surface area is 75.4 Å². The highest BCUT2D eigenvalue weighted by molar-refractivity contribution is 5.74. The highest BCUT2D eigenvalue weighted by Crippen LogP contribution is 2.09. The summed E-state index contributed by atoms with van der Waals surface area (Å²) in [6.45, 7) is 1.81. The summed E-state index contributed by atoms with van der Waals surface area (Å²) >= 11 is 0. The van der Waals surface area contributed by atoms with Crippen LogP contribution in [0.15, 0.2) is 17.1 Å². The first-order chi connectivity index (χ1) is 6.09. The number of fused-ring (bicyclic) bond motifs is 1. The summed E-state index contributed by atoms with van der Waals surface area (Å²) in [6.07, 6.45) is 1.90. The zero-order chi connectivity index (χ0) is 9.59. The van der Waals surface area contributed by atoms with Crippen molar-refractivity contribution in [2.75, 3.05) is 0 Å². The molecule has 2 heterocycles. The normalized spacial score (nSPS) is 11.0. The fourth-order valence-corrected chi connectivity index (χ4v) is 1.51. The fraction of sp³-hybridized carbons (Fsp3) is 0.333. The van der Waals surface area contributed by atoms with Crippen LogP contribution in [0, 0.1) is 6.92 Å². The Morgan fingerprint density at radius 2 is 2.08 bits per heavy atom. The largest absolute Gasteiger partial charge is 0.294 e. The van der Waals surface area contributed by atoms with Gasteiger partial charge in [-0.1, -0.05) is 0 Å². The van der Waals surface area contributed by atoms with E-state index in [-0.39, 0.29) is 5.56 Å². The summed E-state index contributed by atoms with van der Waals surface area (Å²) in [5, 5.41) is 5.20. The summed E-state index contributed by atoms with van der Waals surface area (Å²) in [7, 11) is 3.59. The van der Waals surface area contributed by atoms with Gasteiger partial charge in [-0.25, -0.2) is 0 Å². The summed E-state index contributed by atoms with van der Waals surface area (Å²) in [5.41, 5.74) is 1.51. The maximum absolute atomic E-state index is 11.5. The van der Waals surface area contributed by atoms with Crippen molar-refractivity contribution in [3.63, 3.8) is 0 Å². The molecule has 0 saturated carbocycles. The second-order valence-corrected chi connectivity index (χ2v) is 3.27. The Kier molecular flexibility index (Phi) is 1.52. The molecule has 0 N–H and O–H groups in total. The van der Waals surface area contributed by atoms with Crippen LogP contribution in [-0.2, 0) is 14.1 Å². The molecule has 0 unspecified atom stereocenters. The van der Waals surface area contributed by atoms with Gasteiger partial charge in [0.05, 0.1) is 0 Å². The molecule has 68 valence electrons. The molecular formula is C9H11N3O. The van der Waals surface area contributed by atoms with Crippen LogP contribution in [0.5, 0.6) is 0 Å². The first kappa shape index (κ1) is 8.04. The van der Waals surface area contributed by atoms with Crippen molar-refractivity contribution in [2.45, 2.75) is 6.92 Å². The highest BCUT2D eigenvalue weighted by atomic mass is 16.1. The molecule has 0 aromatic carbocycles. The van der Waals surface area contributed by atoms with Gasteiger partial charge in [-0.2, -0.15) is 5.10 Å². The first-order valence-electron chi connectivity index (χ1n) is 4.09. The topological polar surface area (TPSA) is 39.8 Å². The van der Waals surface area contributed by atoms with Gasteiger partial charge in [0.2, 0.25) is 0 Å². The third kappa shape index (κ3) is 1.06. The van der Waals surface area contributed by atoms with Gasteiger partial charge in [0.15, 0.2) is 5.65 Å². The number of hydrogen-bond donors (Lipinski definition) is 0. The van der Waals surface area contributed by atoms with E-state index in [2.05, 4.69) is 5.10 Å². The molecule has 0 aliphatic carbocycles. The van der Waals surface area contributed by atoms with E-state index in [4.69, 9.17) is 0 Å². The smallest absolute Gasteiger partial charge is 0.254 e. The third-order valence-corrected chi connectivity index (χ3v) is 2.17. The minimum Gasteiger partial charge on any atom is -0.294 e. The Bertz CT molecular complexity index is 521. The minimum absolute atomic E-state index is 0.0196. The maximum atomic E-state index is 11.5. The van der Waals surface area contributed by atoms with E-state index in [1.807, 2.05) is 26.2 Å². The van der Waals surface area contributed by atoms with E-state index < -0.39 is 0 Å². The van der Waals surface area contributed by atoms with Crippen LogP contribution in [-0.4, -0.2) is 14.3 Å². The van der Waals surface area contributed by atoms with Gasteiger partial charge < -0.3 is 0 Å². The van der Waals surface area contributed by atoms with Gasteiger partial charge in [0.25, 0.3) is 5.56 Å². The lowest BCUT2D eigenvalue weighted by Gasteiger charge is -1.99. The molecule has 0 aliphatic rings. The van der Waals surface area contributed by atoms with Crippen LogP contribution < -0.4 is 5.56 Å². The van der Waals surface area contributed by atoms with Crippen LogP contribution in [0.2, 0.25) is 0 Å². The Morgan fingerprint density at radius 3 is 2.77 bits per heavy atom. The van der Waals surface area contributed by atoms with Gasteiger partial charge in [-0.15, -0.1) is 0 Å². The van der Waals surface area contributed by atoms with Gasteiger partial charge in [-0.3, -0.25) is 14.0 Å². The van der Waals surface area contributed by atoms with Crippen molar-refractivity contribution in [1.82, 2.24) is 14.3 Å². The van der Waals surface area contributed by atoms with Crippen molar-refractivity contribution in [3.05, 3.63) is 28.2 Å². The van der Waals surface area contributed by atoms with Gasteiger partial charge in [0, 0.05) is 31.2 Å². The van der Waals surface area contributed by atoms with E-state index in [0.29, 0.717) is 0 Å². The number of hydrogen-bond acceptors (Lipinski definition) is 2. The molecule has 0 fully saturated rings. The molecule has 0 aliphatic heterocycles. The van der Waals surface area contributed by atoms with Gasteiger partial charge in [-0.05, 0) is 13.0 Å². The van der Waals surface area contributed by atoms with Crippen LogP contribution in [0.1, 0.15) is 5.56 Å². The van der Waals surface area contributed by atoms with Gasteiger partial charge >= 0.3 is 0 Å². The summed E-state index contributed by atoms with van der Waals surface area (Å²) in [6, 6.07) is 1.87. The average Bonchev–Trinajstić information content (AvgIpc) is 2.42. The lowest BCUT2D eigenvalue weighted by molar-refractivity contribution is 0.757. The summed E-state index contributed by atoms with van der Waals surface area (Å²) < 4.78 is 3.29. The van der Waals surface area contributed by atoms with Gasteiger partial charge in [0.1, 0.15) is 0 Å². The second kappa shape index (κ2) is 2.45. The fourth-order valence-electron chi connectivity index (χ4n) is 1.51. The molecule has 0 spiro atoms. The van der Waals surface area contributed by atoms with Crippen LogP contribution in [0.3, 0.4) is 0 Å². The maximum Gasteiger partial charge on any atom is 0.254 e. The molecule has 0 bridgehead atoms. The molecule has 13 heavy (non-hydrogen) atoms. The van der Waals surface area contributed by atoms with E-state index in [0.717, 1.165) is 16.6 Å². The van der Waals surface area contributed by atoms with Crippen molar-refractivity contribution >= 4 is 11.0 Å². The molecule has 4 nitrogen and oxygen atoms in total. The minimum atomic E-state index is 0.0196.